The number of phenols is 1. The van der Waals surface area contributed by atoms with Gasteiger partial charge < -0.3 is 20.1 Å². The number of aryl methyl sites for hydroxylation is 1. The molecule has 0 aliphatic carbocycles. The molecule has 0 atom stereocenters. The van der Waals surface area contributed by atoms with Crippen LogP contribution in [0.2, 0.25) is 5.02 Å². The number of halogens is 4. The lowest BCUT2D eigenvalue weighted by atomic mass is 10.2. The Kier molecular flexibility index (Phi) is 8.66. The molecule has 4 rings (SSSR count). The summed E-state index contributed by atoms with van der Waals surface area (Å²) >= 11 is 14.1. The summed E-state index contributed by atoms with van der Waals surface area (Å²) in [4.78, 5) is 15.6. The van der Waals surface area contributed by atoms with Crippen molar-refractivity contribution in [2.45, 2.75) is 6.92 Å². The molecule has 9 nitrogen and oxygen atoms in total. The molecule has 3 aromatic rings. The van der Waals surface area contributed by atoms with Crippen molar-refractivity contribution in [1.29, 1.82) is 0 Å². The van der Waals surface area contributed by atoms with E-state index >= 15 is 0 Å². The molecular formula is C21H19BrClI2N7O2. The number of aromatic hydroxyl groups is 1. The van der Waals surface area contributed by atoms with Gasteiger partial charge in [-0.15, -0.1) is 0 Å². The number of aromatic nitrogens is 3. The quantitative estimate of drug-likeness (QED) is 0.171. The van der Waals surface area contributed by atoms with E-state index in [0.29, 0.717) is 48.8 Å². The van der Waals surface area contributed by atoms with Crippen molar-refractivity contribution in [1.82, 2.24) is 15.0 Å². The van der Waals surface area contributed by atoms with E-state index in [9.17, 15) is 5.11 Å². The Balaban J connectivity index is 1.63. The van der Waals surface area contributed by atoms with E-state index in [1.165, 1.54) is 6.21 Å². The van der Waals surface area contributed by atoms with E-state index in [1.54, 1.807) is 0 Å². The van der Waals surface area contributed by atoms with Crippen LogP contribution in [0.3, 0.4) is 0 Å². The van der Waals surface area contributed by atoms with Gasteiger partial charge in [0.15, 0.2) is 0 Å². The summed E-state index contributed by atoms with van der Waals surface area (Å²) in [5.74, 6) is 1.25. The largest absolute Gasteiger partial charge is 0.506 e. The summed E-state index contributed by atoms with van der Waals surface area (Å²) in [6.07, 6.45) is 1.53. The van der Waals surface area contributed by atoms with E-state index in [2.05, 4.69) is 91.9 Å². The lowest BCUT2D eigenvalue weighted by Crippen LogP contribution is -2.37. The number of anilines is 4. The molecule has 3 N–H and O–H groups in total. The summed E-state index contributed by atoms with van der Waals surface area (Å²) in [6, 6.07) is 7.45. The van der Waals surface area contributed by atoms with Gasteiger partial charge in [-0.05, 0) is 97.9 Å². The van der Waals surface area contributed by atoms with Gasteiger partial charge in [0.2, 0.25) is 17.8 Å². The predicted octanol–water partition coefficient (Wildman–Crippen LogP) is 5.54. The van der Waals surface area contributed by atoms with Crippen LogP contribution in [0.4, 0.5) is 23.5 Å². The molecular weight excluding hydrogens is 751 g/mol. The molecule has 2 aromatic carbocycles. The second kappa shape index (κ2) is 11.5. The number of phenolic OH excluding ortho intramolecular Hbond substituents is 1. The molecule has 1 aromatic heterocycles. The lowest BCUT2D eigenvalue weighted by molar-refractivity contribution is 0.122. The Hall–Kier alpha value is -1.49. The maximum atomic E-state index is 10.3. The maximum Gasteiger partial charge on any atom is 0.250 e. The van der Waals surface area contributed by atoms with Gasteiger partial charge in [-0.2, -0.15) is 20.1 Å². The smallest absolute Gasteiger partial charge is 0.250 e. The number of rotatable bonds is 6. The second-order valence-corrected chi connectivity index (χ2v) is 11.0. The zero-order valence-electron chi connectivity index (χ0n) is 17.8. The van der Waals surface area contributed by atoms with Gasteiger partial charge in [0.25, 0.3) is 0 Å². The zero-order valence-corrected chi connectivity index (χ0v) is 24.5. The van der Waals surface area contributed by atoms with Gasteiger partial charge >= 0.3 is 0 Å². The second-order valence-electron chi connectivity index (χ2n) is 7.28. The highest BCUT2D eigenvalue weighted by Crippen LogP contribution is 2.31. The summed E-state index contributed by atoms with van der Waals surface area (Å²) in [5, 5.41) is 18.4. The lowest BCUT2D eigenvalue weighted by Gasteiger charge is -2.27. The van der Waals surface area contributed by atoms with Gasteiger partial charge in [-0.25, -0.2) is 5.43 Å². The number of benzene rings is 2. The molecule has 0 bridgehead atoms. The van der Waals surface area contributed by atoms with Crippen LogP contribution in [0, 0.1) is 14.1 Å². The molecule has 2 heterocycles. The van der Waals surface area contributed by atoms with Crippen LogP contribution in [-0.2, 0) is 4.74 Å². The number of hydrogen-bond acceptors (Lipinski definition) is 9. The van der Waals surface area contributed by atoms with Gasteiger partial charge in [-0.1, -0.05) is 11.6 Å². The Morgan fingerprint density at radius 2 is 1.88 bits per heavy atom. The van der Waals surface area contributed by atoms with Crippen molar-refractivity contribution in [2.75, 3.05) is 41.9 Å². The van der Waals surface area contributed by atoms with Crippen molar-refractivity contribution in [2.24, 2.45) is 5.10 Å². The standard InChI is InChI=1S/C21H19BrClI2N7O2/c1-11-6-14(22)17(9-15(11)23)27-19-28-20(30-21(29-19)32-2-4-34-5-3-32)31-26-10-12-7-13(24)8-16(25)18(12)33/h6-10,33H,2-5H2,1H3,(H2,27,28,29,30,31). The van der Waals surface area contributed by atoms with Gasteiger partial charge in [0.1, 0.15) is 5.75 Å². The molecule has 178 valence electrons. The predicted molar refractivity (Wildman–Crippen MR) is 155 cm³/mol. The van der Waals surface area contributed by atoms with Crippen LogP contribution in [-0.4, -0.2) is 52.6 Å². The zero-order chi connectivity index (χ0) is 24.2. The van der Waals surface area contributed by atoms with Crippen LogP contribution in [0.25, 0.3) is 0 Å². The topological polar surface area (TPSA) is 108 Å². The Morgan fingerprint density at radius 1 is 1.15 bits per heavy atom. The van der Waals surface area contributed by atoms with Crippen LogP contribution in [0.1, 0.15) is 11.1 Å². The van der Waals surface area contributed by atoms with Crippen LogP contribution in [0.15, 0.2) is 33.8 Å². The van der Waals surface area contributed by atoms with Crippen molar-refractivity contribution < 1.29 is 9.84 Å². The van der Waals surface area contributed by atoms with E-state index in [1.807, 2.05) is 36.1 Å². The first-order chi connectivity index (χ1) is 16.3. The molecule has 1 aliphatic rings. The summed E-state index contributed by atoms with van der Waals surface area (Å²) in [7, 11) is 0. The highest BCUT2D eigenvalue weighted by molar-refractivity contribution is 14.1. The average molecular weight is 771 g/mol. The maximum absolute atomic E-state index is 10.3. The normalized spacial score (nSPS) is 14.0. The number of ether oxygens (including phenoxy) is 1. The molecule has 0 saturated carbocycles. The molecule has 0 unspecified atom stereocenters. The monoisotopic (exact) mass is 769 g/mol. The fourth-order valence-electron chi connectivity index (χ4n) is 3.08. The third-order valence-electron chi connectivity index (χ3n) is 4.84. The third-order valence-corrected chi connectivity index (χ3v) is 7.35. The minimum Gasteiger partial charge on any atom is -0.506 e. The van der Waals surface area contributed by atoms with Crippen molar-refractivity contribution in [3.63, 3.8) is 0 Å². The molecule has 34 heavy (non-hydrogen) atoms. The number of hydrazone groups is 1. The molecule has 1 aliphatic heterocycles. The molecule has 1 fully saturated rings. The molecule has 0 amide bonds. The molecule has 1 saturated heterocycles. The number of morpholine rings is 1. The third kappa shape index (κ3) is 6.38. The average Bonchev–Trinajstić information content (AvgIpc) is 2.81. The van der Waals surface area contributed by atoms with Crippen molar-refractivity contribution >= 4 is 102 Å². The first-order valence-electron chi connectivity index (χ1n) is 10.1. The highest BCUT2D eigenvalue weighted by Gasteiger charge is 2.17. The first-order valence-corrected chi connectivity index (χ1v) is 13.4. The first kappa shape index (κ1) is 25.6. The number of nitrogens with zero attached hydrogens (tertiary/aromatic N) is 5. The van der Waals surface area contributed by atoms with E-state index < -0.39 is 0 Å². The Bertz CT molecular complexity index is 1240. The number of hydrogen-bond donors (Lipinski definition) is 3. The molecule has 0 radical (unpaired) electrons. The molecule has 13 heteroatoms. The fourth-order valence-corrected chi connectivity index (χ4v) is 5.69. The van der Waals surface area contributed by atoms with E-state index in [-0.39, 0.29) is 11.7 Å². The molecule has 0 spiro atoms. The van der Waals surface area contributed by atoms with Gasteiger partial charge in [0, 0.05) is 31.7 Å². The Labute approximate surface area is 237 Å². The fraction of sp³-hybridized carbons (Fsp3) is 0.238. The van der Waals surface area contributed by atoms with Crippen LogP contribution in [0.5, 0.6) is 5.75 Å². The van der Waals surface area contributed by atoms with Gasteiger partial charge in [-0.3, -0.25) is 0 Å². The Morgan fingerprint density at radius 3 is 2.65 bits per heavy atom. The van der Waals surface area contributed by atoms with E-state index in [4.69, 9.17) is 16.3 Å². The van der Waals surface area contributed by atoms with Crippen molar-refractivity contribution in [3.05, 3.63) is 52.0 Å². The van der Waals surface area contributed by atoms with E-state index in [0.717, 1.165) is 22.9 Å². The van der Waals surface area contributed by atoms with Crippen LogP contribution >= 0.6 is 72.7 Å². The minimum atomic E-state index is 0.166. The SMILES string of the molecule is Cc1cc(Br)c(Nc2nc(NN=Cc3cc(I)cc(I)c3O)nc(N3CCOCC3)n2)cc1Cl. The van der Waals surface area contributed by atoms with Crippen LogP contribution < -0.4 is 15.6 Å². The highest BCUT2D eigenvalue weighted by atomic mass is 127. The minimum absolute atomic E-state index is 0.166. The summed E-state index contributed by atoms with van der Waals surface area (Å²) in [5.41, 5.74) is 5.12. The number of nitrogens with one attached hydrogen (secondary N) is 2. The van der Waals surface area contributed by atoms with Crippen molar-refractivity contribution in [3.8, 4) is 5.75 Å². The van der Waals surface area contributed by atoms with Gasteiger partial charge in [0.05, 0.1) is 28.7 Å². The summed E-state index contributed by atoms with van der Waals surface area (Å²) < 4.78 is 8.02. The summed E-state index contributed by atoms with van der Waals surface area (Å²) in [6.45, 7) is 4.46.